The number of nitrogens with zero attached hydrogens (tertiary/aromatic N) is 1. The van der Waals surface area contributed by atoms with Crippen molar-refractivity contribution in [3.05, 3.63) is 58.1 Å². The fourth-order valence-electron chi connectivity index (χ4n) is 4.77. The fraction of sp³-hybridized carbons (Fsp3) is 0.364. The quantitative estimate of drug-likeness (QED) is 0.753. The molecule has 1 unspecified atom stereocenters. The van der Waals surface area contributed by atoms with Crippen LogP contribution in [0, 0.1) is 0 Å². The molecule has 7 heteroatoms. The molecule has 1 aliphatic heterocycles. The predicted octanol–water partition coefficient (Wildman–Crippen LogP) is 3.70. The van der Waals surface area contributed by atoms with Crippen molar-refractivity contribution in [3.8, 4) is 0 Å². The summed E-state index contributed by atoms with van der Waals surface area (Å²) >= 11 is 0. The van der Waals surface area contributed by atoms with Gasteiger partial charge in [-0.1, -0.05) is 24.3 Å². The van der Waals surface area contributed by atoms with Gasteiger partial charge in [-0.25, -0.2) is 9.00 Å². The van der Waals surface area contributed by atoms with E-state index in [1.165, 1.54) is 22.3 Å². The Morgan fingerprint density at radius 3 is 2.34 bits per heavy atom. The third-order valence-electron chi connectivity index (χ3n) is 6.06. The summed E-state index contributed by atoms with van der Waals surface area (Å²) in [6.07, 6.45) is 6.81. The van der Waals surface area contributed by atoms with Gasteiger partial charge in [0.1, 0.15) is 0 Å². The van der Waals surface area contributed by atoms with E-state index in [0.717, 1.165) is 49.8 Å². The number of carbonyl (C=O) groups excluding carboxylic acids is 2. The number of carbonyl (C=O) groups is 2. The molecule has 2 aromatic rings. The maximum atomic E-state index is 13.6. The maximum Gasteiger partial charge on any atom is 0.355 e. The summed E-state index contributed by atoms with van der Waals surface area (Å²) in [5, 5.41) is 2.95. The van der Waals surface area contributed by atoms with Gasteiger partial charge in [-0.3, -0.25) is 9.52 Å². The molecule has 1 atom stereocenters. The monoisotopic (exact) mass is 409 g/mol. The Labute approximate surface area is 170 Å². The number of aryl methyl sites for hydroxylation is 3. The highest BCUT2D eigenvalue weighted by Crippen LogP contribution is 2.38. The van der Waals surface area contributed by atoms with Crippen LogP contribution in [0.3, 0.4) is 0 Å². The minimum absolute atomic E-state index is 0.227. The number of urea groups is 1. The van der Waals surface area contributed by atoms with Crippen LogP contribution in [0.15, 0.2) is 39.6 Å². The Bertz CT molecular complexity index is 1130. The van der Waals surface area contributed by atoms with Gasteiger partial charge in [-0.15, -0.1) is 4.36 Å². The van der Waals surface area contributed by atoms with Crippen molar-refractivity contribution in [1.82, 2.24) is 4.72 Å². The highest BCUT2D eigenvalue weighted by Gasteiger charge is 2.27. The third-order valence-corrected chi connectivity index (χ3v) is 7.98. The molecule has 0 saturated carbocycles. The molecule has 2 N–H and O–H groups in total. The first-order valence-electron chi connectivity index (χ1n) is 10.2. The second kappa shape index (κ2) is 6.99. The molecule has 0 bridgehead atoms. The average molecular weight is 410 g/mol. The molecule has 0 fully saturated rings. The van der Waals surface area contributed by atoms with E-state index < -0.39 is 15.9 Å². The molecular weight excluding hydrogens is 386 g/mol. The van der Waals surface area contributed by atoms with Crippen LogP contribution in [-0.4, -0.2) is 16.1 Å². The number of amides is 3. The van der Waals surface area contributed by atoms with Crippen LogP contribution in [0.4, 0.5) is 10.5 Å². The van der Waals surface area contributed by atoms with E-state index in [1.54, 1.807) is 12.1 Å². The van der Waals surface area contributed by atoms with E-state index >= 15 is 0 Å². The van der Waals surface area contributed by atoms with Crippen LogP contribution in [-0.2, 0) is 46.8 Å². The van der Waals surface area contributed by atoms with E-state index in [2.05, 4.69) is 20.5 Å². The van der Waals surface area contributed by atoms with Gasteiger partial charge in [0.2, 0.25) is 5.91 Å². The van der Waals surface area contributed by atoms with Crippen LogP contribution in [0.1, 0.15) is 47.1 Å². The zero-order chi connectivity index (χ0) is 20.0. The summed E-state index contributed by atoms with van der Waals surface area (Å²) in [5.74, 6) is -0.357. The molecule has 3 aliphatic rings. The Morgan fingerprint density at radius 2 is 1.62 bits per heavy atom. The molecule has 0 radical (unpaired) electrons. The number of nitrogens with one attached hydrogen (secondary N) is 2. The summed E-state index contributed by atoms with van der Waals surface area (Å²) in [6, 6.07) is 8.73. The van der Waals surface area contributed by atoms with Gasteiger partial charge in [0.05, 0.1) is 4.90 Å². The lowest BCUT2D eigenvalue weighted by atomic mass is 9.99. The van der Waals surface area contributed by atoms with Gasteiger partial charge in [0.25, 0.3) is 0 Å². The first-order valence-corrected chi connectivity index (χ1v) is 11.7. The highest BCUT2D eigenvalue weighted by atomic mass is 32.2. The van der Waals surface area contributed by atoms with Crippen molar-refractivity contribution in [2.24, 2.45) is 4.36 Å². The van der Waals surface area contributed by atoms with Crippen molar-refractivity contribution in [1.29, 1.82) is 0 Å². The summed E-state index contributed by atoms with van der Waals surface area (Å²) < 4.78 is 20.1. The number of rotatable bonds is 1. The van der Waals surface area contributed by atoms with E-state index in [9.17, 15) is 13.8 Å². The minimum atomic E-state index is -3.37. The zero-order valence-corrected chi connectivity index (χ0v) is 16.9. The second-order valence-corrected chi connectivity index (χ2v) is 9.79. The van der Waals surface area contributed by atoms with Crippen molar-refractivity contribution in [2.45, 2.75) is 56.3 Å². The Balaban J connectivity index is 1.55. The van der Waals surface area contributed by atoms with Crippen LogP contribution in [0.2, 0.25) is 0 Å². The lowest BCUT2D eigenvalue weighted by Gasteiger charge is -2.16. The largest absolute Gasteiger partial charge is 0.355 e. The van der Waals surface area contributed by atoms with Crippen molar-refractivity contribution >= 4 is 27.5 Å². The van der Waals surface area contributed by atoms with E-state index in [4.69, 9.17) is 0 Å². The fourth-order valence-corrected chi connectivity index (χ4v) is 6.51. The van der Waals surface area contributed by atoms with Crippen molar-refractivity contribution in [2.75, 3.05) is 5.32 Å². The van der Waals surface area contributed by atoms with E-state index in [1.807, 2.05) is 12.1 Å². The van der Waals surface area contributed by atoms with Gasteiger partial charge in [0.15, 0.2) is 9.92 Å². The molecule has 6 nitrogen and oxygen atoms in total. The molecule has 150 valence electrons. The van der Waals surface area contributed by atoms with Gasteiger partial charge in [0, 0.05) is 12.1 Å². The van der Waals surface area contributed by atoms with E-state index in [-0.39, 0.29) is 12.3 Å². The Kier molecular flexibility index (Phi) is 4.42. The molecular formula is C22H23N3O3S. The molecule has 0 aromatic heterocycles. The number of hydrogen-bond donors (Lipinski definition) is 2. The lowest BCUT2D eigenvalue weighted by molar-refractivity contribution is -0.119. The van der Waals surface area contributed by atoms with Crippen LogP contribution >= 0.6 is 0 Å². The molecule has 2 aliphatic carbocycles. The molecule has 0 saturated heterocycles. The zero-order valence-electron chi connectivity index (χ0n) is 16.1. The summed E-state index contributed by atoms with van der Waals surface area (Å²) in [7, 11) is -3.37. The smallest absolute Gasteiger partial charge is 0.305 e. The lowest BCUT2D eigenvalue weighted by Crippen LogP contribution is -2.30. The third kappa shape index (κ3) is 3.23. The Hall–Kier alpha value is -2.67. The predicted molar refractivity (Wildman–Crippen MR) is 111 cm³/mol. The minimum Gasteiger partial charge on any atom is -0.305 e. The van der Waals surface area contributed by atoms with Crippen molar-refractivity contribution < 1.29 is 13.8 Å². The molecule has 1 heterocycles. The van der Waals surface area contributed by atoms with Gasteiger partial charge in [-0.2, -0.15) is 0 Å². The summed E-state index contributed by atoms with van der Waals surface area (Å²) in [6.45, 7) is 0. The van der Waals surface area contributed by atoms with Crippen LogP contribution in [0.5, 0.6) is 0 Å². The second-order valence-electron chi connectivity index (χ2n) is 7.91. The highest BCUT2D eigenvalue weighted by molar-refractivity contribution is 7.92. The normalized spacial score (nSPS) is 22.1. The van der Waals surface area contributed by atoms with E-state index in [0.29, 0.717) is 11.3 Å². The number of benzene rings is 2. The van der Waals surface area contributed by atoms with Gasteiger partial charge in [-0.05, 0) is 78.8 Å². The van der Waals surface area contributed by atoms with Gasteiger partial charge >= 0.3 is 6.03 Å². The van der Waals surface area contributed by atoms with Crippen LogP contribution < -0.4 is 10.0 Å². The number of anilines is 1. The summed E-state index contributed by atoms with van der Waals surface area (Å²) in [4.78, 5) is 25.5. The van der Waals surface area contributed by atoms with Crippen molar-refractivity contribution in [3.63, 3.8) is 0 Å². The molecule has 29 heavy (non-hydrogen) atoms. The SMILES string of the molecule is O=C1CCc2ccccc2S(=O)(=NC(=O)Nc2c3c(cc4c2CCC4)CCC3)N1. The van der Waals surface area contributed by atoms with Gasteiger partial charge < -0.3 is 5.32 Å². The maximum absolute atomic E-state index is 13.6. The topological polar surface area (TPSA) is 87.6 Å². The number of hydrogen-bond acceptors (Lipinski definition) is 3. The first-order chi connectivity index (χ1) is 14.0. The molecule has 3 amide bonds. The average Bonchev–Trinajstić information content (AvgIpc) is 3.33. The summed E-state index contributed by atoms with van der Waals surface area (Å²) in [5.41, 5.74) is 6.63. The molecule has 5 rings (SSSR count). The number of fused-ring (bicyclic) bond motifs is 3. The standard InChI is InChI=1S/C22H23N3O3S/c26-20-12-11-14-5-1-2-10-19(14)29(28,24-20)25-22(27)23-21-17-8-3-6-15(17)13-16-7-4-9-18(16)21/h1-2,5,10,13H,3-4,6-9,11-12H2,(H2,23,24,25,26,27,28). The molecule has 0 spiro atoms. The first kappa shape index (κ1) is 18.4. The van der Waals surface area contributed by atoms with Crippen LogP contribution in [0.25, 0.3) is 0 Å². The Morgan fingerprint density at radius 1 is 0.931 bits per heavy atom. The molecule has 2 aromatic carbocycles.